The van der Waals surface area contributed by atoms with Crippen molar-refractivity contribution in [2.45, 2.75) is 38.7 Å². The average molecular weight is 386 g/mol. The topological polar surface area (TPSA) is 72.7 Å². The van der Waals surface area contributed by atoms with Crippen LogP contribution in [0.4, 0.5) is 15.8 Å². The summed E-state index contributed by atoms with van der Waals surface area (Å²) >= 11 is 0. The van der Waals surface area contributed by atoms with Crippen molar-refractivity contribution < 1.29 is 18.8 Å². The molecule has 1 fully saturated rings. The fourth-order valence-electron chi connectivity index (χ4n) is 3.41. The number of halogens is 1. The summed E-state index contributed by atoms with van der Waals surface area (Å²) in [6.45, 7) is 3.21. The predicted octanol–water partition coefficient (Wildman–Crippen LogP) is 5.03. The summed E-state index contributed by atoms with van der Waals surface area (Å²) in [5, 5.41) is 11.6. The highest BCUT2D eigenvalue weighted by Gasteiger charge is 2.24. The number of rotatable bonds is 5. The molecule has 0 spiro atoms. The number of hydrogen-bond acceptors (Lipinski definition) is 5. The predicted molar refractivity (Wildman–Crippen MR) is 104 cm³/mol. The van der Waals surface area contributed by atoms with Crippen molar-refractivity contribution in [2.75, 3.05) is 18.0 Å². The number of hydrogen-bond donors (Lipinski definition) is 0. The first-order valence-electron chi connectivity index (χ1n) is 9.45. The second kappa shape index (κ2) is 8.82. The molecular weight excluding hydrogens is 363 g/mol. The molecule has 2 aromatic carbocycles. The summed E-state index contributed by atoms with van der Waals surface area (Å²) in [6, 6.07) is 10.1. The number of nitro benzene ring substituents is 1. The normalized spacial score (nSPS) is 15.6. The molecule has 1 aliphatic heterocycles. The molecule has 1 atom stereocenters. The van der Waals surface area contributed by atoms with Crippen molar-refractivity contribution in [1.29, 1.82) is 0 Å². The highest BCUT2D eigenvalue weighted by Crippen LogP contribution is 2.31. The standard InChI is InChI=1S/C21H23FN2O4/c1-15(16-6-9-18(22)10-7-16)28-21(25)17-8-11-19(20(14-17)24(26)27)23-12-4-2-3-5-13-23/h6-11,14-15H,2-5,12-13H2,1H3/t15-/m1/s1. The van der Waals surface area contributed by atoms with Crippen molar-refractivity contribution >= 4 is 17.3 Å². The molecule has 0 bridgehead atoms. The largest absolute Gasteiger partial charge is 0.454 e. The summed E-state index contributed by atoms with van der Waals surface area (Å²) in [5.41, 5.74) is 1.21. The lowest BCUT2D eigenvalue weighted by Crippen LogP contribution is -2.25. The minimum Gasteiger partial charge on any atom is -0.454 e. The van der Waals surface area contributed by atoms with Gasteiger partial charge in [-0.2, -0.15) is 0 Å². The van der Waals surface area contributed by atoms with E-state index in [-0.39, 0.29) is 17.1 Å². The molecule has 0 aromatic heterocycles. The zero-order chi connectivity index (χ0) is 20.1. The molecule has 0 radical (unpaired) electrons. The van der Waals surface area contributed by atoms with Crippen LogP contribution in [0.15, 0.2) is 42.5 Å². The summed E-state index contributed by atoms with van der Waals surface area (Å²) in [6.07, 6.45) is 3.63. The average Bonchev–Trinajstić information content (AvgIpc) is 2.97. The Morgan fingerprint density at radius 3 is 2.36 bits per heavy atom. The fraction of sp³-hybridized carbons (Fsp3) is 0.381. The van der Waals surface area contributed by atoms with Gasteiger partial charge in [-0.15, -0.1) is 0 Å². The molecular formula is C21H23FN2O4. The van der Waals surface area contributed by atoms with Crippen LogP contribution in [0.3, 0.4) is 0 Å². The number of ether oxygens (including phenoxy) is 1. The second-order valence-corrected chi connectivity index (χ2v) is 6.96. The van der Waals surface area contributed by atoms with Crippen LogP contribution >= 0.6 is 0 Å². The molecule has 2 aromatic rings. The maximum absolute atomic E-state index is 13.0. The minimum absolute atomic E-state index is 0.0919. The van der Waals surface area contributed by atoms with Crippen LogP contribution in [0.25, 0.3) is 0 Å². The Balaban J connectivity index is 1.79. The van der Waals surface area contributed by atoms with E-state index >= 15 is 0 Å². The van der Waals surface area contributed by atoms with Gasteiger partial charge in [-0.05, 0) is 49.6 Å². The van der Waals surface area contributed by atoms with Crippen LogP contribution in [0.5, 0.6) is 0 Å². The van der Waals surface area contributed by atoms with Crippen LogP contribution in [0, 0.1) is 15.9 Å². The zero-order valence-corrected chi connectivity index (χ0v) is 15.8. The van der Waals surface area contributed by atoms with E-state index in [0.717, 1.165) is 38.8 Å². The van der Waals surface area contributed by atoms with Gasteiger partial charge in [0.2, 0.25) is 0 Å². The second-order valence-electron chi connectivity index (χ2n) is 6.96. The summed E-state index contributed by atoms with van der Waals surface area (Å²) in [4.78, 5) is 25.6. The lowest BCUT2D eigenvalue weighted by molar-refractivity contribution is -0.384. The number of carbonyl (C=O) groups excluding carboxylic acids is 1. The van der Waals surface area contributed by atoms with E-state index in [1.54, 1.807) is 19.1 Å². The quantitative estimate of drug-likeness (QED) is 0.409. The van der Waals surface area contributed by atoms with Gasteiger partial charge in [0.25, 0.3) is 5.69 Å². The van der Waals surface area contributed by atoms with Gasteiger partial charge in [-0.25, -0.2) is 9.18 Å². The maximum Gasteiger partial charge on any atom is 0.338 e. The van der Waals surface area contributed by atoms with E-state index in [0.29, 0.717) is 11.3 Å². The van der Waals surface area contributed by atoms with Crippen molar-refractivity contribution in [2.24, 2.45) is 0 Å². The molecule has 7 heteroatoms. The number of anilines is 1. The number of nitro groups is 1. The van der Waals surface area contributed by atoms with E-state index in [1.165, 1.54) is 30.3 Å². The first kappa shape index (κ1) is 19.8. The highest BCUT2D eigenvalue weighted by atomic mass is 19.1. The Hall–Kier alpha value is -2.96. The number of carbonyl (C=O) groups is 1. The number of benzene rings is 2. The van der Waals surface area contributed by atoms with Gasteiger partial charge in [0.1, 0.15) is 17.6 Å². The van der Waals surface area contributed by atoms with E-state index in [4.69, 9.17) is 4.74 Å². The molecule has 1 heterocycles. The first-order chi connectivity index (χ1) is 13.5. The van der Waals surface area contributed by atoms with E-state index in [1.807, 2.05) is 4.90 Å². The Labute approximate surface area is 163 Å². The number of nitrogens with zero attached hydrogens (tertiary/aromatic N) is 2. The van der Waals surface area contributed by atoms with E-state index in [2.05, 4.69) is 0 Å². The van der Waals surface area contributed by atoms with Crippen molar-refractivity contribution in [1.82, 2.24) is 0 Å². The lowest BCUT2D eigenvalue weighted by Gasteiger charge is -2.22. The lowest BCUT2D eigenvalue weighted by atomic mass is 10.1. The SMILES string of the molecule is C[C@@H](OC(=O)c1ccc(N2CCCCCC2)c([N+](=O)[O-])c1)c1ccc(F)cc1. The third-order valence-corrected chi connectivity index (χ3v) is 4.98. The van der Waals surface area contributed by atoms with E-state index in [9.17, 15) is 19.3 Å². The van der Waals surface area contributed by atoms with Crippen LogP contribution in [0.2, 0.25) is 0 Å². The van der Waals surface area contributed by atoms with Gasteiger partial charge >= 0.3 is 5.97 Å². The molecule has 28 heavy (non-hydrogen) atoms. The Bertz CT molecular complexity index is 846. The molecule has 3 rings (SSSR count). The van der Waals surface area contributed by atoms with Gasteiger partial charge in [0, 0.05) is 19.2 Å². The fourth-order valence-corrected chi connectivity index (χ4v) is 3.41. The van der Waals surface area contributed by atoms with Gasteiger partial charge in [0.15, 0.2) is 0 Å². The zero-order valence-electron chi connectivity index (χ0n) is 15.8. The molecule has 0 unspecified atom stereocenters. The van der Waals surface area contributed by atoms with Gasteiger partial charge in [0.05, 0.1) is 10.5 Å². The number of esters is 1. The van der Waals surface area contributed by atoms with Crippen molar-refractivity contribution in [3.8, 4) is 0 Å². The third-order valence-electron chi connectivity index (χ3n) is 4.98. The summed E-state index contributed by atoms with van der Waals surface area (Å²) < 4.78 is 18.4. The van der Waals surface area contributed by atoms with Gasteiger partial charge in [-0.1, -0.05) is 25.0 Å². The molecule has 148 valence electrons. The molecule has 0 N–H and O–H groups in total. The van der Waals surface area contributed by atoms with Crippen molar-refractivity contribution in [3.63, 3.8) is 0 Å². The van der Waals surface area contributed by atoms with Gasteiger partial charge < -0.3 is 9.64 Å². The van der Waals surface area contributed by atoms with Gasteiger partial charge in [-0.3, -0.25) is 10.1 Å². The van der Waals surface area contributed by atoms with Crippen molar-refractivity contribution in [3.05, 3.63) is 69.5 Å². The van der Waals surface area contributed by atoms with E-state index < -0.39 is 17.0 Å². The maximum atomic E-state index is 13.0. The van der Waals surface area contributed by atoms with Crippen LogP contribution < -0.4 is 4.90 Å². The van der Waals surface area contributed by atoms with Crippen LogP contribution in [0.1, 0.15) is 54.6 Å². The third kappa shape index (κ3) is 4.65. The smallest absolute Gasteiger partial charge is 0.338 e. The molecule has 1 saturated heterocycles. The minimum atomic E-state index is -0.651. The van der Waals surface area contributed by atoms with Crippen LogP contribution in [-0.4, -0.2) is 24.0 Å². The molecule has 1 aliphatic rings. The summed E-state index contributed by atoms with van der Waals surface area (Å²) in [5.74, 6) is -1.02. The molecule has 0 saturated carbocycles. The molecule has 6 nitrogen and oxygen atoms in total. The monoisotopic (exact) mass is 386 g/mol. The Morgan fingerprint density at radius 2 is 1.75 bits per heavy atom. The first-order valence-corrected chi connectivity index (χ1v) is 9.45. The Kier molecular flexibility index (Phi) is 6.23. The highest BCUT2D eigenvalue weighted by molar-refractivity contribution is 5.91. The Morgan fingerprint density at radius 1 is 1.11 bits per heavy atom. The molecule has 0 aliphatic carbocycles. The van der Waals surface area contributed by atoms with Crippen LogP contribution in [-0.2, 0) is 4.74 Å². The summed E-state index contributed by atoms with van der Waals surface area (Å²) in [7, 11) is 0. The molecule has 0 amide bonds.